The van der Waals surface area contributed by atoms with Gasteiger partial charge in [0.05, 0.1) is 4.88 Å². The minimum absolute atomic E-state index is 0.000287. The molecule has 1 aromatic rings. The smallest absolute Gasteiger partial charge is 0.323 e. The van der Waals surface area contributed by atoms with Crippen molar-refractivity contribution in [1.29, 1.82) is 0 Å². The van der Waals surface area contributed by atoms with Crippen LogP contribution < -0.4 is 5.32 Å². The molecular weight excluding hydrogens is 280 g/mol. The molecule has 20 heavy (non-hydrogen) atoms. The summed E-state index contributed by atoms with van der Waals surface area (Å²) in [4.78, 5) is 36.7. The van der Waals surface area contributed by atoms with Crippen LogP contribution in [0.15, 0.2) is 17.5 Å². The molecule has 1 atom stereocenters. The molecule has 0 bridgehead atoms. The van der Waals surface area contributed by atoms with E-state index in [2.05, 4.69) is 5.32 Å². The van der Waals surface area contributed by atoms with E-state index < -0.39 is 12.0 Å². The summed E-state index contributed by atoms with van der Waals surface area (Å²) in [6.07, 6.45) is 1.65. The maximum absolute atomic E-state index is 12.2. The summed E-state index contributed by atoms with van der Waals surface area (Å²) in [5, 5.41) is 13.2. The molecule has 0 spiro atoms. The molecule has 0 aromatic carbocycles. The lowest BCUT2D eigenvalue weighted by Crippen LogP contribution is -2.49. The van der Waals surface area contributed by atoms with Crippen LogP contribution in [0.5, 0.6) is 0 Å². The first kappa shape index (κ1) is 14.5. The standard InChI is InChI=1S/C13H16N2O4S/c1-8(14-12(18)10-3-2-6-20-10)13(19)15(7-11(16)17)9-4-5-9/h2-3,6,8-9H,4-5,7H2,1H3,(H,14,18)(H,16,17). The molecule has 1 unspecified atom stereocenters. The molecule has 0 radical (unpaired) electrons. The van der Waals surface area contributed by atoms with Crippen molar-refractivity contribution >= 4 is 29.1 Å². The number of nitrogens with zero attached hydrogens (tertiary/aromatic N) is 1. The fourth-order valence-corrected chi connectivity index (χ4v) is 2.53. The average molecular weight is 296 g/mol. The van der Waals surface area contributed by atoms with Crippen molar-refractivity contribution in [1.82, 2.24) is 10.2 Å². The van der Waals surface area contributed by atoms with Gasteiger partial charge in [0.2, 0.25) is 5.91 Å². The Bertz CT molecular complexity index is 510. The van der Waals surface area contributed by atoms with E-state index in [-0.39, 0.29) is 24.4 Å². The molecule has 0 aliphatic heterocycles. The predicted octanol–water partition coefficient (Wildman–Crippen LogP) is 0.942. The number of rotatable bonds is 6. The largest absolute Gasteiger partial charge is 0.480 e. The van der Waals surface area contributed by atoms with Crippen molar-refractivity contribution < 1.29 is 19.5 Å². The second-order valence-corrected chi connectivity index (χ2v) is 5.71. The van der Waals surface area contributed by atoms with Gasteiger partial charge in [-0.05, 0) is 31.2 Å². The minimum atomic E-state index is -1.04. The van der Waals surface area contributed by atoms with E-state index in [0.717, 1.165) is 12.8 Å². The maximum atomic E-state index is 12.2. The Labute approximate surface area is 120 Å². The molecule has 1 fully saturated rings. The first-order valence-electron chi connectivity index (χ1n) is 6.35. The van der Waals surface area contributed by atoms with E-state index >= 15 is 0 Å². The van der Waals surface area contributed by atoms with E-state index in [1.807, 2.05) is 0 Å². The molecule has 7 heteroatoms. The van der Waals surface area contributed by atoms with Crippen molar-refractivity contribution in [3.05, 3.63) is 22.4 Å². The molecule has 0 saturated heterocycles. The van der Waals surface area contributed by atoms with Gasteiger partial charge in [0, 0.05) is 6.04 Å². The quantitative estimate of drug-likeness (QED) is 0.818. The van der Waals surface area contributed by atoms with Crippen molar-refractivity contribution in [3.8, 4) is 0 Å². The third-order valence-electron chi connectivity index (χ3n) is 3.04. The zero-order chi connectivity index (χ0) is 14.7. The first-order chi connectivity index (χ1) is 9.49. The Balaban J connectivity index is 1.96. The Kier molecular flexibility index (Phi) is 4.39. The van der Waals surface area contributed by atoms with Gasteiger partial charge >= 0.3 is 5.97 Å². The summed E-state index contributed by atoms with van der Waals surface area (Å²) in [7, 11) is 0. The number of thiophene rings is 1. The number of nitrogens with one attached hydrogen (secondary N) is 1. The van der Waals surface area contributed by atoms with Crippen LogP contribution in [-0.4, -0.2) is 46.4 Å². The fourth-order valence-electron chi connectivity index (χ4n) is 1.90. The van der Waals surface area contributed by atoms with Crippen molar-refractivity contribution in [2.24, 2.45) is 0 Å². The van der Waals surface area contributed by atoms with Crippen molar-refractivity contribution in [3.63, 3.8) is 0 Å². The van der Waals surface area contributed by atoms with E-state index in [1.54, 1.807) is 24.4 Å². The molecule has 6 nitrogen and oxygen atoms in total. The molecule has 1 heterocycles. The Morgan fingerprint density at radius 3 is 2.70 bits per heavy atom. The van der Waals surface area contributed by atoms with Crippen LogP contribution in [0.2, 0.25) is 0 Å². The summed E-state index contributed by atoms with van der Waals surface area (Å²) in [5.41, 5.74) is 0. The second kappa shape index (κ2) is 6.04. The highest BCUT2D eigenvalue weighted by molar-refractivity contribution is 7.12. The lowest BCUT2D eigenvalue weighted by molar-refractivity contribution is -0.145. The lowest BCUT2D eigenvalue weighted by Gasteiger charge is -2.24. The van der Waals surface area contributed by atoms with Crippen LogP contribution in [0.4, 0.5) is 0 Å². The highest BCUT2D eigenvalue weighted by atomic mass is 32.1. The normalized spacial score (nSPS) is 15.4. The van der Waals surface area contributed by atoms with E-state index in [4.69, 9.17) is 5.11 Å². The number of carbonyl (C=O) groups is 3. The van der Waals surface area contributed by atoms with E-state index in [1.165, 1.54) is 16.2 Å². The number of aliphatic carboxylic acids is 1. The van der Waals surface area contributed by atoms with Crippen molar-refractivity contribution in [2.75, 3.05) is 6.54 Å². The Morgan fingerprint density at radius 1 is 1.50 bits per heavy atom. The Morgan fingerprint density at radius 2 is 2.20 bits per heavy atom. The summed E-state index contributed by atoms with van der Waals surface area (Å²) in [5.74, 6) is -1.70. The summed E-state index contributed by atoms with van der Waals surface area (Å²) in [6, 6.07) is 2.70. The van der Waals surface area contributed by atoms with E-state index in [0.29, 0.717) is 4.88 Å². The number of carbonyl (C=O) groups excluding carboxylic acids is 2. The second-order valence-electron chi connectivity index (χ2n) is 4.76. The van der Waals surface area contributed by atoms with Gasteiger partial charge in [-0.2, -0.15) is 0 Å². The molecule has 108 valence electrons. The summed E-state index contributed by atoms with van der Waals surface area (Å²) >= 11 is 1.29. The zero-order valence-corrected chi connectivity index (χ0v) is 11.9. The summed E-state index contributed by atoms with van der Waals surface area (Å²) in [6.45, 7) is 1.26. The molecule has 1 aromatic heterocycles. The number of carboxylic acid groups (broad SMARTS) is 1. The third-order valence-corrected chi connectivity index (χ3v) is 3.91. The number of carboxylic acids is 1. The SMILES string of the molecule is CC(NC(=O)c1cccs1)C(=O)N(CC(=O)O)C1CC1. The maximum Gasteiger partial charge on any atom is 0.323 e. The molecule has 1 aliphatic rings. The van der Waals surface area contributed by atoms with Crippen LogP contribution in [0, 0.1) is 0 Å². The van der Waals surface area contributed by atoms with Crippen LogP contribution in [0.3, 0.4) is 0 Å². The first-order valence-corrected chi connectivity index (χ1v) is 7.23. The van der Waals surface area contributed by atoms with Crippen LogP contribution in [-0.2, 0) is 9.59 Å². The lowest BCUT2D eigenvalue weighted by atomic mass is 10.2. The van der Waals surface area contributed by atoms with Gasteiger partial charge in [0.15, 0.2) is 0 Å². The van der Waals surface area contributed by atoms with Gasteiger partial charge in [-0.15, -0.1) is 11.3 Å². The van der Waals surface area contributed by atoms with Gasteiger partial charge in [0.1, 0.15) is 12.6 Å². The minimum Gasteiger partial charge on any atom is -0.480 e. The molecule has 2 amide bonds. The number of amides is 2. The summed E-state index contributed by atoms with van der Waals surface area (Å²) < 4.78 is 0. The van der Waals surface area contributed by atoms with Crippen LogP contribution in [0.25, 0.3) is 0 Å². The fraction of sp³-hybridized carbons (Fsp3) is 0.462. The highest BCUT2D eigenvalue weighted by Gasteiger charge is 2.36. The highest BCUT2D eigenvalue weighted by Crippen LogP contribution is 2.27. The molecule has 2 rings (SSSR count). The van der Waals surface area contributed by atoms with Gasteiger partial charge < -0.3 is 15.3 Å². The van der Waals surface area contributed by atoms with Gasteiger partial charge in [-0.1, -0.05) is 6.07 Å². The molecule has 2 N–H and O–H groups in total. The number of hydrogen-bond donors (Lipinski definition) is 2. The van der Waals surface area contributed by atoms with Crippen LogP contribution in [0.1, 0.15) is 29.4 Å². The predicted molar refractivity (Wildman–Crippen MR) is 73.6 cm³/mol. The van der Waals surface area contributed by atoms with Crippen LogP contribution >= 0.6 is 11.3 Å². The average Bonchev–Trinajstić information content (AvgIpc) is 3.08. The molecule has 1 saturated carbocycles. The van der Waals surface area contributed by atoms with Gasteiger partial charge in [-0.3, -0.25) is 14.4 Å². The topological polar surface area (TPSA) is 86.7 Å². The van der Waals surface area contributed by atoms with E-state index in [9.17, 15) is 14.4 Å². The molecular formula is C13H16N2O4S. The van der Waals surface area contributed by atoms with Crippen molar-refractivity contribution in [2.45, 2.75) is 31.8 Å². The molecule has 1 aliphatic carbocycles. The Hall–Kier alpha value is -1.89. The van der Waals surface area contributed by atoms with Gasteiger partial charge in [-0.25, -0.2) is 0 Å². The number of hydrogen-bond acceptors (Lipinski definition) is 4. The third kappa shape index (κ3) is 3.57. The monoisotopic (exact) mass is 296 g/mol. The zero-order valence-electron chi connectivity index (χ0n) is 11.0. The van der Waals surface area contributed by atoms with Gasteiger partial charge in [0.25, 0.3) is 5.91 Å².